The van der Waals surface area contributed by atoms with Gasteiger partial charge >= 0.3 is 0 Å². The molecule has 1 aromatic heterocycles. The van der Waals surface area contributed by atoms with E-state index in [0.717, 1.165) is 10.2 Å². The number of aliphatic hydroxyl groups excluding tert-OH is 1. The minimum absolute atomic E-state index is 0.151. The zero-order chi connectivity index (χ0) is 12.1. The Morgan fingerprint density at radius 1 is 1.50 bits per heavy atom. The van der Waals surface area contributed by atoms with Gasteiger partial charge in [-0.3, -0.25) is 0 Å². The van der Waals surface area contributed by atoms with Gasteiger partial charge in [-0.15, -0.1) is 0 Å². The van der Waals surface area contributed by atoms with Gasteiger partial charge in [0.15, 0.2) is 0 Å². The topological polar surface area (TPSA) is 36.4 Å². The molecule has 0 radical (unpaired) electrons. The predicted octanol–water partition coefficient (Wildman–Crippen LogP) is 2.22. The zero-order valence-corrected chi connectivity index (χ0v) is 10.4. The van der Waals surface area contributed by atoms with Crippen molar-refractivity contribution in [2.75, 3.05) is 24.6 Å². The highest BCUT2D eigenvalue weighted by atomic mass is 79.9. The maximum absolute atomic E-state index is 12.3. The molecule has 0 saturated heterocycles. The molecule has 0 amide bonds. The normalized spacial score (nSPS) is 10.9. The fraction of sp³-hybridized carbons (Fsp3) is 0.500. The van der Waals surface area contributed by atoms with Crippen molar-refractivity contribution in [1.29, 1.82) is 0 Å². The summed E-state index contributed by atoms with van der Waals surface area (Å²) in [6.07, 6.45) is -2.45. The van der Waals surface area contributed by atoms with Gasteiger partial charge in [0, 0.05) is 11.0 Å². The minimum atomic E-state index is -2.45. The summed E-state index contributed by atoms with van der Waals surface area (Å²) in [5.41, 5.74) is 0.731. The van der Waals surface area contributed by atoms with Crippen LogP contribution in [0.25, 0.3) is 0 Å². The number of hydrogen-bond acceptors (Lipinski definition) is 3. The number of anilines is 1. The Labute approximate surface area is 101 Å². The third-order valence-corrected chi connectivity index (χ3v) is 2.90. The number of alkyl halides is 2. The van der Waals surface area contributed by atoms with Crippen molar-refractivity contribution in [3.05, 3.63) is 22.3 Å². The van der Waals surface area contributed by atoms with Crippen LogP contribution in [0.5, 0.6) is 0 Å². The summed E-state index contributed by atoms with van der Waals surface area (Å²) in [6.45, 7) is 1.34. The van der Waals surface area contributed by atoms with Gasteiger partial charge < -0.3 is 10.0 Å². The van der Waals surface area contributed by atoms with Crippen molar-refractivity contribution in [1.82, 2.24) is 4.98 Å². The van der Waals surface area contributed by atoms with Crippen molar-refractivity contribution >= 4 is 21.7 Å². The molecule has 0 aliphatic carbocycles. The van der Waals surface area contributed by atoms with E-state index in [2.05, 4.69) is 20.9 Å². The Morgan fingerprint density at radius 2 is 2.19 bits per heavy atom. The van der Waals surface area contributed by atoms with Crippen LogP contribution in [0.3, 0.4) is 0 Å². The second kappa shape index (κ2) is 6.10. The summed E-state index contributed by atoms with van der Waals surface area (Å²) in [7, 11) is 0. The van der Waals surface area contributed by atoms with E-state index in [9.17, 15) is 8.78 Å². The molecular weight excluding hydrogens is 282 g/mol. The quantitative estimate of drug-likeness (QED) is 0.905. The van der Waals surface area contributed by atoms with E-state index < -0.39 is 13.0 Å². The van der Waals surface area contributed by atoms with Gasteiger partial charge in [-0.05, 0) is 35.0 Å². The molecule has 1 heterocycles. The van der Waals surface area contributed by atoms with Crippen LogP contribution >= 0.6 is 15.9 Å². The van der Waals surface area contributed by atoms with Gasteiger partial charge in [-0.25, -0.2) is 13.8 Å². The molecule has 1 N–H and O–H groups in total. The highest BCUT2D eigenvalue weighted by Crippen LogP contribution is 2.19. The Morgan fingerprint density at radius 3 is 2.69 bits per heavy atom. The van der Waals surface area contributed by atoms with Gasteiger partial charge in [0.05, 0.1) is 18.8 Å². The highest BCUT2D eigenvalue weighted by Gasteiger charge is 2.14. The summed E-state index contributed by atoms with van der Waals surface area (Å²) in [5.74, 6) is 0.454. The zero-order valence-electron chi connectivity index (χ0n) is 8.83. The molecule has 6 heteroatoms. The molecule has 0 aliphatic heterocycles. The van der Waals surface area contributed by atoms with Gasteiger partial charge in [0.2, 0.25) is 0 Å². The molecule has 0 bridgehead atoms. The van der Waals surface area contributed by atoms with Crippen LogP contribution in [0.4, 0.5) is 14.6 Å². The third-order valence-electron chi connectivity index (χ3n) is 2.06. The second-order valence-electron chi connectivity index (χ2n) is 3.30. The number of pyridine rings is 1. The number of hydrogen-bond donors (Lipinski definition) is 1. The van der Waals surface area contributed by atoms with Crippen molar-refractivity contribution < 1.29 is 13.9 Å². The molecule has 0 aromatic carbocycles. The number of nitrogens with zero attached hydrogens (tertiary/aromatic N) is 2. The van der Waals surface area contributed by atoms with Gasteiger partial charge in [0.25, 0.3) is 6.43 Å². The summed E-state index contributed by atoms with van der Waals surface area (Å²) in [6, 6.07) is 3.41. The van der Waals surface area contributed by atoms with E-state index in [4.69, 9.17) is 5.11 Å². The Kier molecular flexibility index (Phi) is 5.08. The van der Waals surface area contributed by atoms with Crippen molar-refractivity contribution in [2.24, 2.45) is 0 Å². The number of aromatic nitrogens is 1. The summed E-state index contributed by atoms with van der Waals surface area (Å²) >= 11 is 3.29. The summed E-state index contributed by atoms with van der Waals surface area (Å²) < 4.78 is 25.5. The van der Waals surface area contributed by atoms with E-state index >= 15 is 0 Å². The smallest absolute Gasteiger partial charge is 0.255 e. The lowest BCUT2D eigenvalue weighted by atomic mass is 10.3. The largest absolute Gasteiger partial charge is 0.395 e. The molecule has 90 valence electrons. The van der Waals surface area contributed by atoms with Crippen LogP contribution in [-0.4, -0.2) is 36.2 Å². The number of aryl methyl sites for hydroxylation is 1. The van der Waals surface area contributed by atoms with Crippen LogP contribution in [0, 0.1) is 6.92 Å². The van der Waals surface area contributed by atoms with E-state index in [1.54, 1.807) is 19.1 Å². The van der Waals surface area contributed by atoms with Gasteiger partial charge in [-0.1, -0.05) is 0 Å². The molecule has 1 rings (SSSR count). The van der Waals surface area contributed by atoms with Crippen LogP contribution in [0.2, 0.25) is 0 Å². The molecule has 0 saturated carbocycles. The Hall–Kier alpha value is -0.750. The molecule has 1 aromatic rings. The average molecular weight is 295 g/mol. The number of aliphatic hydroxyl groups is 1. The first-order chi connectivity index (χ1) is 7.54. The molecular formula is C10H13BrF2N2O. The first kappa shape index (κ1) is 13.3. The molecule has 3 nitrogen and oxygen atoms in total. The lowest BCUT2D eigenvalue weighted by Gasteiger charge is -2.22. The monoisotopic (exact) mass is 294 g/mol. The average Bonchev–Trinajstić information content (AvgIpc) is 2.21. The van der Waals surface area contributed by atoms with Crippen LogP contribution < -0.4 is 4.90 Å². The minimum Gasteiger partial charge on any atom is -0.395 e. The molecule has 16 heavy (non-hydrogen) atoms. The number of rotatable bonds is 5. The lowest BCUT2D eigenvalue weighted by Crippen LogP contribution is -2.32. The SMILES string of the molecule is Cc1nc(N(CCO)CC(F)F)ccc1Br. The fourth-order valence-corrected chi connectivity index (χ4v) is 1.51. The van der Waals surface area contributed by atoms with E-state index in [0.29, 0.717) is 5.82 Å². The molecule has 0 fully saturated rings. The highest BCUT2D eigenvalue weighted by molar-refractivity contribution is 9.10. The van der Waals surface area contributed by atoms with E-state index in [1.807, 2.05) is 0 Å². The van der Waals surface area contributed by atoms with Crippen molar-refractivity contribution in [2.45, 2.75) is 13.3 Å². The third kappa shape index (κ3) is 3.68. The lowest BCUT2D eigenvalue weighted by molar-refractivity contribution is 0.152. The summed E-state index contributed by atoms with van der Waals surface area (Å²) in [5, 5.41) is 8.81. The molecule has 0 aliphatic rings. The van der Waals surface area contributed by atoms with Crippen LogP contribution in [0.15, 0.2) is 16.6 Å². The van der Waals surface area contributed by atoms with Gasteiger partial charge in [0.1, 0.15) is 5.82 Å². The van der Waals surface area contributed by atoms with Crippen LogP contribution in [0.1, 0.15) is 5.69 Å². The second-order valence-corrected chi connectivity index (χ2v) is 4.15. The molecule has 0 atom stereocenters. The fourth-order valence-electron chi connectivity index (χ4n) is 1.29. The van der Waals surface area contributed by atoms with E-state index in [1.165, 1.54) is 4.90 Å². The Balaban J connectivity index is 2.87. The molecule has 0 spiro atoms. The standard InChI is InChI=1S/C10H13BrF2N2O/c1-7-8(11)2-3-10(14-7)15(4-5-16)6-9(12)13/h2-3,9,16H,4-6H2,1H3. The number of halogens is 3. The first-order valence-electron chi connectivity index (χ1n) is 4.81. The molecule has 0 unspecified atom stereocenters. The van der Waals surface area contributed by atoms with E-state index in [-0.39, 0.29) is 13.2 Å². The maximum atomic E-state index is 12.3. The van der Waals surface area contributed by atoms with Gasteiger partial charge in [-0.2, -0.15) is 0 Å². The predicted molar refractivity (Wildman–Crippen MR) is 62.0 cm³/mol. The summed E-state index contributed by atoms with van der Waals surface area (Å²) in [4.78, 5) is 5.54. The van der Waals surface area contributed by atoms with Crippen LogP contribution in [-0.2, 0) is 0 Å². The Bertz CT molecular complexity index is 350. The maximum Gasteiger partial charge on any atom is 0.255 e. The van der Waals surface area contributed by atoms with Crippen molar-refractivity contribution in [3.63, 3.8) is 0 Å². The van der Waals surface area contributed by atoms with Crippen molar-refractivity contribution in [3.8, 4) is 0 Å². The first-order valence-corrected chi connectivity index (χ1v) is 5.61.